The third kappa shape index (κ3) is 3.43. The van der Waals surface area contributed by atoms with Crippen LogP contribution in [0.4, 0.5) is 25.3 Å². The molecular weight excluding hydrogens is 429 g/mol. The number of nitriles is 1. The van der Waals surface area contributed by atoms with Crippen molar-refractivity contribution in [2.24, 2.45) is 0 Å². The van der Waals surface area contributed by atoms with E-state index in [9.17, 15) is 29.5 Å². The lowest BCUT2D eigenvalue weighted by molar-refractivity contribution is -0.137. The molecular formula is C14H8Cl2F6N2OS. The van der Waals surface area contributed by atoms with E-state index in [1.165, 1.54) is 6.07 Å². The van der Waals surface area contributed by atoms with Crippen molar-refractivity contribution >= 4 is 33.0 Å². The molecule has 12 heteroatoms. The number of rotatable bonds is 3. The van der Waals surface area contributed by atoms with Crippen LogP contribution in [-0.4, -0.2) is 14.8 Å². The van der Waals surface area contributed by atoms with E-state index < -0.39 is 48.1 Å². The van der Waals surface area contributed by atoms with Crippen molar-refractivity contribution < 1.29 is 29.5 Å². The van der Waals surface area contributed by atoms with Crippen molar-refractivity contribution in [2.45, 2.75) is 18.0 Å². The molecule has 0 radical (unpaired) electrons. The van der Waals surface area contributed by atoms with Crippen LogP contribution in [0.2, 0.25) is 10.0 Å². The second-order valence-corrected chi connectivity index (χ2v) is 8.51. The van der Waals surface area contributed by atoms with Gasteiger partial charge < -0.3 is 4.57 Å². The van der Waals surface area contributed by atoms with E-state index in [0.717, 1.165) is 11.5 Å². The highest BCUT2D eigenvalue weighted by molar-refractivity contribution is 8.11. The minimum absolute atomic E-state index is 0.242. The van der Waals surface area contributed by atoms with Gasteiger partial charge in [-0.15, -0.1) is 7.77 Å². The van der Waals surface area contributed by atoms with Crippen LogP contribution in [0.15, 0.2) is 23.2 Å². The molecule has 0 N–H and O–H groups in total. The maximum atomic E-state index is 13.9. The highest BCUT2D eigenvalue weighted by atomic mass is 35.5. The summed E-state index contributed by atoms with van der Waals surface area (Å²) in [5.41, 5.74) is -2.54. The monoisotopic (exact) mass is 436 g/mol. The number of benzene rings is 1. The zero-order chi connectivity index (χ0) is 20.1. The number of hydrogen-bond donors (Lipinski definition) is 0. The van der Waals surface area contributed by atoms with Gasteiger partial charge in [0.15, 0.2) is 6.01 Å². The highest BCUT2D eigenvalue weighted by Gasteiger charge is 2.43. The van der Waals surface area contributed by atoms with E-state index in [-0.39, 0.29) is 11.4 Å². The third-order valence-corrected chi connectivity index (χ3v) is 5.58. The Morgan fingerprint density at radius 3 is 2.12 bits per heavy atom. The second kappa shape index (κ2) is 6.18. The Balaban J connectivity index is 2.83. The van der Waals surface area contributed by atoms with Crippen molar-refractivity contribution in [2.75, 3.05) is 6.01 Å². The average molecular weight is 437 g/mol. The van der Waals surface area contributed by atoms with Gasteiger partial charge in [-0.2, -0.15) is 18.4 Å². The van der Waals surface area contributed by atoms with Gasteiger partial charge in [0.05, 0.1) is 26.9 Å². The first kappa shape index (κ1) is 20.6. The minimum atomic E-state index is -6.97. The molecule has 1 aromatic heterocycles. The first-order chi connectivity index (χ1) is 11.7. The van der Waals surface area contributed by atoms with Crippen LogP contribution in [-0.2, 0) is 16.0 Å². The van der Waals surface area contributed by atoms with Crippen molar-refractivity contribution in [3.8, 4) is 11.8 Å². The summed E-state index contributed by atoms with van der Waals surface area (Å²) < 4.78 is 91.4. The van der Waals surface area contributed by atoms with E-state index in [0.29, 0.717) is 18.3 Å². The van der Waals surface area contributed by atoms with Gasteiger partial charge in [-0.05, 0) is 19.1 Å². The average Bonchev–Trinajstić information content (AvgIpc) is 2.83. The molecule has 0 aliphatic heterocycles. The van der Waals surface area contributed by atoms with E-state index in [4.69, 9.17) is 28.5 Å². The molecule has 2 rings (SSSR count). The molecule has 1 aromatic carbocycles. The van der Waals surface area contributed by atoms with E-state index in [1.54, 1.807) is 0 Å². The van der Waals surface area contributed by atoms with Crippen LogP contribution < -0.4 is 0 Å². The number of alkyl halides is 4. The number of halogens is 8. The van der Waals surface area contributed by atoms with Crippen LogP contribution >= 0.6 is 23.2 Å². The fourth-order valence-electron chi connectivity index (χ4n) is 2.25. The van der Waals surface area contributed by atoms with Crippen LogP contribution in [0.25, 0.3) is 5.69 Å². The van der Waals surface area contributed by atoms with Gasteiger partial charge in [-0.1, -0.05) is 23.2 Å². The Labute approximate surface area is 153 Å². The van der Waals surface area contributed by atoms with Crippen LogP contribution in [0.3, 0.4) is 0 Å². The maximum absolute atomic E-state index is 13.9. The molecule has 0 bridgehead atoms. The van der Waals surface area contributed by atoms with Gasteiger partial charge in [0.2, 0.25) is 9.84 Å². The number of nitrogens with zero attached hydrogens (tertiary/aromatic N) is 2. The van der Waals surface area contributed by atoms with Gasteiger partial charge in [0.1, 0.15) is 11.0 Å². The lowest BCUT2D eigenvalue weighted by atomic mass is 10.2. The highest BCUT2D eigenvalue weighted by Crippen LogP contribution is 2.45. The summed E-state index contributed by atoms with van der Waals surface area (Å²) in [6.45, 7) is 1.15. The molecule has 0 fully saturated rings. The predicted octanol–water partition coefficient (Wildman–Crippen LogP) is 5.86. The summed E-state index contributed by atoms with van der Waals surface area (Å²) in [6, 6.07) is -0.102. The topological polar surface area (TPSA) is 45.8 Å². The largest absolute Gasteiger partial charge is 0.416 e. The zero-order valence-electron chi connectivity index (χ0n) is 12.7. The fraction of sp³-hybridized carbons (Fsp3) is 0.214. The third-order valence-electron chi connectivity index (χ3n) is 3.51. The van der Waals surface area contributed by atoms with Gasteiger partial charge >= 0.3 is 6.18 Å². The Hall–Kier alpha value is -1.70. The number of hydrogen-bond acceptors (Lipinski definition) is 2. The fourth-order valence-corrected chi connectivity index (χ4v) is 3.92. The molecule has 26 heavy (non-hydrogen) atoms. The van der Waals surface area contributed by atoms with Crippen molar-refractivity contribution in [1.82, 2.24) is 4.57 Å². The van der Waals surface area contributed by atoms with Crippen LogP contribution in [0.5, 0.6) is 0 Å². The molecule has 2 aromatic rings. The Morgan fingerprint density at radius 1 is 1.23 bits per heavy atom. The van der Waals surface area contributed by atoms with E-state index in [2.05, 4.69) is 0 Å². The summed E-state index contributed by atoms with van der Waals surface area (Å²) in [7, 11) is -6.97. The number of aromatic nitrogens is 1. The standard InChI is InChI=1S/C14H8Cl2F6N2OS/c1-7-9(4-23)12(26(21,22,25)6-17)5-24(7)13-10(15)2-8(3-11(13)16)14(18,19)20/h2-3,5H,6H2,1H3. The van der Waals surface area contributed by atoms with Crippen LogP contribution in [0.1, 0.15) is 16.8 Å². The second-order valence-electron chi connectivity index (χ2n) is 5.23. The van der Waals surface area contributed by atoms with Gasteiger partial charge in [0, 0.05) is 11.9 Å². The smallest absolute Gasteiger partial charge is 0.316 e. The first-order valence-electron chi connectivity index (χ1n) is 6.55. The molecule has 0 amide bonds. The quantitative estimate of drug-likeness (QED) is 0.446. The van der Waals surface area contributed by atoms with E-state index >= 15 is 0 Å². The maximum Gasteiger partial charge on any atom is 0.416 e. The molecule has 0 spiro atoms. The Kier molecular flexibility index (Phi) is 4.90. The van der Waals surface area contributed by atoms with Crippen molar-refractivity contribution in [3.63, 3.8) is 0 Å². The lowest BCUT2D eigenvalue weighted by Gasteiger charge is -2.19. The normalized spacial score (nSPS) is 13.9. The molecule has 0 atom stereocenters. The Morgan fingerprint density at radius 2 is 1.73 bits per heavy atom. The van der Waals surface area contributed by atoms with E-state index in [1.807, 2.05) is 0 Å². The van der Waals surface area contributed by atoms with Crippen molar-refractivity contribution in [1.29, 1.82) is 5.26 Å². The Bertz CT molecular complexity index is 979. The van der Waals surface area contributed by atoms with Gasteiger partial charge in [-0.3, -0.25) is 0 Å². The van der Waals surface area contributed by atoms with Crippen molar-refractivity contribution in [3.05, 3.63) is 45.2 Å². The molecule has 0 unspecified atom stereocenters. The molecule has 0 aliphatic carbocycles. The zero-order valence-corrected chi connectivity index (χ0v) is 15.0. The molecule has 142 valence electrons. The summed E-state index contributed by atoms with van der Waals surface area (Å²) in [5, 5.41) is 7.96. The lowest BCUT2D eigenvalue weighted by Crippen LogP contribution is -2.22. The summed E-state index contributed by atoms with van der Waals surface area (Å²) >= 11 is 11.6. The SMILES string of the molecule is Cc1c(C#N)c(S(=O)(F)(F)CF)cn1-c1c(Cl)cc(C(F)(F)F)cc1Cl. The molecule has 1 heterocycles. The predicted molar refractivity (Wildman–Crippen MR) is 84.8 cm³/mol. The van der Waals surface area contributed by atoms with Gasteiger partial charge in [-0.25, -0.2) is 8.60 Å². The summed E-state index contributed by atoms with van der Waals surface area (Å²) in [5.74, 6) is 0. The summed E-state index contributed by atoms with van der Waals surface area (Å²) in [4.78, 5) is -1.36. The van der Waals surface area contributed by atoms with Gasteiger partial charge in [0.25, 0.3) is 0 Å². The molecule has 0 saturated heterocycles. The minimum Gasteiger partial charge on any atom is -0.316 e. The molecule has 3 nitrogen and oxygen atoms in total. The summed E-state index contributed by atoms with van der Waals surface area (Å²) in [6.07, 6.45) is -4.27. The molecule has 0 aliphatic rings. The van der Waals surface area contributed by atoms with Crippen LogP contribution in [0, 0.1) is 18.3 Å². The first-order valence-corrected chi connectivity index (χ1v) is 9.24. The molecule has 0 saturated carbocycles.